The van der Waals surface area contributed by atoms with Crippen molar-refractivity contribution >= 4 is 23.2 Å². The molecule has 0 aromatic heterocycles. The van der Waals surface area contributed by atoms with Crippen LogP contribution in [0, 0.1) is 0 Å². The summed E-state index contributed by atoms with van der Waals surface area (Å²) in [5, 5.41) is 22.1. The van der Waals surface area contributed by atoms with Crippen molar-refractivity contribution in [2.75, 3.05) is 26.3 Å². The minimum absolute atomic E-state index is 0.107. The maximum Gasteiger partial charge on any atom is 0.156 e. The molecule has 1 atom stereocenters. The van der Waals surface area contributed by atoms with Gasteiger partial charge in [0.15, 0.2) is 5.75 Å². The van der Waals surface area contributed by atoms with Crippen molar-refractivity contribution in [1.29, 1.82) is 0 Å². The van der Waals surface area contributed by atoms with Gasteiger partial charge in [0.2, 0.25) is 0 Å². The fourth-order valence-electron chi connectivity index (χ4n) is 1.33. The number of ether oxygens (including phenoxy) is 1. The lowest BCUT2D eigenvalue weighted by Gasteiger charge is -2.14. The Morgan fingerprint density at radius 3 is 2.56 bits per heavy atom. The molecule has 102 valence electrons. The molecule has 1 aromatic rings. The van der Waals surface area contributed by atoms with Gasteiger partial charge in [0.25, 0.3) is 0 Å². The minimum atomic E-state index is -0.656. The Balaban J connectivity index is 2.31. The van der Waals surface area contributed by atoms with Crippen LogP contribution in [0.2, 0.25) is 10.0 Å². The number of para-hydroxylation sites is 1. The SMILES string of the molecule is OCCCNCC(O)COc1c(Cl)cccc1Cl. The lowest BCUT2D eigenvalue weighted by Crippen LogP contribution is -2.32. The molecule has 4 nitrogen and oxygen atoms in total. The molecule has 0 heterocycles. The minimum Gasteiger partial charge on any atom is -0.488 e. The highest BCUT2D eigenvalue weighted by atomic mass is 35.5. The van der Waals surface area contributed by atoms with Gasteiger partial charge in [-0.05, 0) is 25.1 Å². The van der Waals surface area contributed by atoms with E-state index in [2.05, 4.69) is 5.32 Å². The molecule has 0 saturated heterocycles. The second-order valence-electron chi connectivity index (χ2n) is 3.80. The van der Waals surface area contributed by atoms with E-state index in [1.165, 1.54) is 0 Å². The van der Waals surface area contributed by atoms with Gasteiger partial charge in [-0.2, -0.15) is 0 Å². The zero-order chi connectivity index (χ0) is 13.4. The lowest BCUT2D eigenvalue weighted by molar-refractivity contribution is 0.106. The summed E-state index contributed by atoms with van der Waals surface area (Å²) < 4.78 is 5.38. The molecule has 0 saturated carbocycles. The van der Waals surface area contributed by atoms with Crippen LogP contribution < -0.4 is 10.1 Å². The largest absolute Gasteiger partial charge is 0.488 e. The van der Waals surface area contributed by atoms with Gasteiger partial charge >= 0.3 is 0 Å². The normalized spacial score (nSPS) is 12.4. The monoisotopic (exact) mass is 293 g/mol. The Morgan fingerprint density at radius 2 is 1.94 bits per heavy atom. The van der Waals surface area contributed by atoms with E-state index in [1.807, 2.05) is 0 Å². The number of aliphatic hydroxyl groups excluding tert-OH is 2. The second-order valence-corrected chi connectivity index (χ2v) is 4.61. The summed E-state index contributed by atoms with van der Waals surface area (Å²) in [4.78, 5) is 0. The summed E-state index contributed by atoms with van der Waals surface area (Å²) in [5.41, 5.74) is 0. The van der Waals surface area contributed by atoms with Crippen molar-refractivity contribution in [2.45, 2.75) is 12.5 Å². The molecule has 1 rings (SSSR count). The standard InChI is InChI=1S/C12H17Cl2NO3/c13-10-3-1-4-11(14)12(10)18-8-9(17)7-15-5-2-6-16/h1,3-4,9,15-17H,2,5-8H2. The number of halogens is 2. The molecule has 0 aliphatic heterocycles. The third kappa shape index (κ3) is 5.42. The fraction of sp³-hybridized carbons (Fsp3) is 0.500. The Labute approximate surface area is 116 Å². The van der Waals surface area contributed by atoms with Gasteiger partial charge in [0.1, 0.15) is 12.7 Å². The number of rotatable bonds is 8. The molecule has 0 radical (unpaired) electrons. The second kappa shape index (κ2) is 8.56. The molecule has 0 aliphatic carbocycles. The summed E-state index contributed by atoms with van der Waals surface area (Å²) in [6, 6.07) is 5.08. The van der Waals surface area contributed by atoms with Crippen LogP contribution in [0.25, 0.3) is 0 Å². The van der Waals surface area contributed by atoms with Crippen molar-refractivity contribution < 1.29 is 14.9 Å². The van der Waals surface area contributed by atoms with Crippen LogP contribution >= 0.6 is 23.2 Å². The van der Waals surface area contributed by atoms with E-state index < -0.39 is 6.10 Å². The molecule has 0 spiro atoms. The van der Waals surface area contributed by atoms with Crippen LogP contribution in [0.3, 0.4) is 0 Å². The highest BCUT2D eigenvalue weighted by molar-refractivity contribution is 6.37. The number of aliphatic hydroxyl groups is 2. The predicted molar refractivity (Wildman–Crippen MR) is 72.5 cm³/mol. The Kier molecular flexibility index (Phi) is 7.39. The third-order valence-electron chi connectivity index (χ3n) is 2.23. The fourth-order valence-corrected chi connectivity index (χ4v) is 1.84. The van der Waals surface area contributed by atoms with Crippen LogP contribution in [0.1, 0.15) is 6.42 Å². The molecule has 0 amide bonds. The first-order chi connectivity index (χ1) is 8.65. The molecule has 0 fully saturated rings. The van der Waals surface area contributed by atoms with Crippen molar-refractivity contribution in [3.8, 4) is 5.75 Å². The predicted octanol–water partition coefficient (Wildman–Crippen LogP) is 1.71. The van der Waals surface area contributed by atoms with Gasteiger partial charge in [-0.3, -0.25) is 0 Å². The van der Waals surface area contributed by atoms with Gasteiger partial charge in [0.05, 0.1) is 10.0 Å². The number of hydrogen-bond acceptors (Lipinski definition) is 4. The van der Waals surface area contributed by atoms with Gasteiger partial charge in [-0.25, -0.2) is 0 Å². The number of hydrogen-bond donors (Lipinski definition) is 3. The van der Waals surface area contributed by atoms with Crippen LogP contribution in [0.4, 0.5) is 0 Å². The van der Waals surface area contributed by atoms with Crippen LogP contribution in [0.5, 0.6) is 5.75 Å². The molecular weight excluding hydrogens is 277 g/mol. The molecule has 6 heteroatoms. The molecule has 18 heavy (non-hydrogen) atoms. The van der Waals surface area contributed by atoms with Gasteiger partial charge in [0, 0.05) is 13.2 Å². The van der Waals surface area contributed by atoms with Gasteiger partial charge in [-0.15, -0.1) is 0 Å². The molecule has 0 aliphatic rings. The van der Waals surface area contributed by atoms with E-state index >= 15 is 0 Å². The first kappa shape index (κ1) is 15.5. The van der Waals surface area contributed by atoms with Gasteiger partial charge in [-0.1, -0.05) is 29.3 Å². The van der Waals surface area contributed by atoms with Crippen molar-refractivity contribution in [1.82, 2.24) is 5.32 Å². The van der Waals surface area contributed by atoms with Crippen molar-refractivity contribution in [2.24, 2.45) is 0 Å². The van der Waals surface area contributed by atoms with E-state index in [0.29, 0.717) is 35.3 Å². The first-order valence-corrected chi connectivity index (χ1v) is 6.47. The molecule has 0 bridgehead atoms. The summed E-state index contributed by atoms with van der Waals surface area (Å²) in [5.74, 6) is 0.384. The number of benzene rings is 1. The van der Waals surface area contributed by atoms with Crippen LogP contribution in [-0.4, -0.2) is 42.6 Å². The van der Waals surface area contributed by atoms with E-state index in [4.69, 9.17) is 33.0 Å². The zero-order valence-corrected chi connectivity index (χ0v) is 11.4. The summed E-state index contributed by atoms with van der Waals surface area (Å²) in [6.07, 6.45) is 0.000214. The Morgan fingerprint density at radius 1 is 1.28 bits per heavy atom. The zero-order valence-electron chi connectivity index (χ0n) is 9.90. The topological polar surface area (TPSA) is 61.7 Å². The highest BCUT2D eigenvalue weighted by Gasteiger charge is 2.10. The maximum absolute atomic E-state index is 9.66. The summed E-state index contributed by atoms with van der Waals surface area (Å²) >= 11 is 11.8. The highest BCUT2D eigenvalue weighted by Crippen LogP contribution is 2.32. The quantitative estimate of drug-likeness (QED) is 0.639. The maximum atomic E-state index is 9.66. The average molecular weight is 294 g/mol. The first-order valence-electron chi connectivity index (χ1n) is 5.71. The summed E-state index contributed by atoms with van der Waals surface area (Å²) in [6.45, 7) is 1.28. The Bertz CT molecular complexity index is 343. The van der Waals surface area contributed by atoms with E-state index in [-0.39, 0.29) is 13.2 Å². The van der Waals surface area contributed by atoms with Crippen LogP contribution in [-0.2, 0) is 0 Å². The molecule has 1 aromatic carbocycles. The van der Waals surface area contributed by atoms with E-state index in [1.54, 1.807) is 18.2 Å². The summed E-state index contributed by atoms with van der Waals surface area (Å²) in [7, 11) is 0. The third-order valence-corrected chi connectivity index (χ3v) is 2.83. The molecular formula is C12H17Cl2NO3. The van der Waals surface area contributed by atoms with E-state index in [0.717, 1.165) is 0 Å². The number of nitrogens with one attached hydrogen (secondary N) is 1. The van der Waals surface area contributed by atoms with Crippen molar-refractivity contribution in [3.05, 3.63) is 28.2 Å². The van der Waals surface area contributed by atoms with Gasteiger partial charge < -0.3 is 20.3 Å². The molecule has 3 N–H and O–H groups in total. The van der Waals surface area contributed by atoms with Crippen molar-refractivity contribution in [3.63, 3.8) is 0 Å². The van der Waals surface area contributed by atoms with Crippen LogP contribution in [0.15, 0.2) is 18.2 Å². The lowest BCUT2D eigenvalue weighted by atomic mass is 10.3. The smallest absolute Gasteiger partial charge is 0.156 e. The van der Waals surface area contributed by atoms with E-state index in [9.17, 15) is 5.11 Å². The average Bonchev–Trinajstić information content (AvgIpc) is 2.34. The molecule has 1 unspecified atom stereocenters. The Hall–Kier alpha value is -0.520.